The van der Waals surface area contributed by atoms with Gasteiger partial charge in [-0.05, 0) is 73.0 Å². The number of halogens is 1. The number of aromatic carboxylic acids is 1. The summed E-state index contributed by atoms with van der Waals surface area (Å²) in [5.74, 6) is -1.18. The molecule has 1 N–H and O–H groups in total. The predicted molar refractivity (Wildman–Crippen MR) is 150 cm³/mol. The van der Waals surface area contributed by atoms with E-state index in [1.165, 1.54) is 12.1 Å². The molecule has 0 saturated heterocycles. The third-order valence-corrected chi connectivity index (χ3v) is 6.36. The van der Waals surface area contributed by atoms with Gasteiger partial charge in [-0.25, -0.2) is 14.0 Å². The van der Waals surface area contributed by atoms with Gasteiger partial charge >= 0.3 is 11.9 Å². The fourth-order valence-electron chi connectivity index (χ4n) is 4.55. The number of carboxylic acid groups (broad SMARTS) is 1. The van der Waals surface area contributed by atoms with E-state index in [1.807, 2.05) is 66.1 Å². The van der Waals surface area contributed by atoms with Gasteiger partial charge < -0.3 is 23.9 Å². The van der Waals surface area contributed by atoms with Crippen LogP contribution in [0.4, 0.5) is 4.39 Å². The first kappa shape index (κ1) is 28.6. The van der Waals surface area contributed by atoms with E-state index in [1.54, 1.807) is 25.1 Å². The van der Waals surface area contributed by atoms with E-state index >= 15 is 0 Å². The van der Waals surface area contributed by atoms with Gasteiger partial charge in [0.1, 0.15) is 18.2 Å². The lowest BCUT2D eigenvalue weighted by atomic mass is 10.1. The van der Waals surface area contributed by atoms with Crippen molar-refractivity contribution < 1.29 is 33.3 Å². The van der Waals surface area contributed by atoms with Gasteiger partial charge in [-0.2, -0.15) is 0 Å². The van der Waals surface area contributed by atoms with Crippen molar-refractivity contribution in [3.8, 4) is 28.3 Å². The number of aromatic nitrogens is 1. The van der Waals surface area contributed by atoms with Gasteiger partial charge in [0.25, 0.3) is 0 Å². The molecule has 0 bridgehead atoms. The summed E-state index contributed by atoms with van der Waals surface area (Å²) in [6.07, 6.45) is -0.286. The lowest BCUT2D eigenvalue weighted by Crippen LogP contribution is -2.28. The summed E-state index contributed by atoms with van der Waals surface area (Å²) in [6.45, 7) is 4.89. The van der Waals surface area contributed by atoms with Crippen molar-refractivity contribution in [2.75, 3.05) is 19.8 Å². The second-order valence-electron chi connectivity index (χ2n) is 9.01. The van der Waals surface area contributed by atoms with Gasteiger partial charge in [-0.15, -0.1) is 0 Å². The topological polar surface area (TPSA) is 87.0 Å². The van der Waals surface area contributed by atoms with Crippen LogP contribution >= 0.6 is 0 Å². The number of ether oxygens (including phenoxy) is 3. The molecule has 0 fully saturated rings. The van der Waals surface area contributed by atoms with Crippen LogP contribution in [0.2, 0.25) is 0 Å². The van der Waals surface area contributed by atoms with Gasteiger partial charge in [-0.3, -0.25) is 0 Å². The third kappa shape index (κ3) is 6.95. The van der Waals surface area contributed by atoms with E-state index in [0.717, 1.165) is 11.1 Å². The van der Waals surface area contributed by atoms with Crippen LogP contribution in [-0.4, -0.2) is 47.5 Å². The maximum atomic E-state index is 13.6. The lowest BCUT2D eigenvalue weighted by Gasteiger charge is -2.17. The number of hydrogen-bond donors (Lipinski definition) is 1. The highest BCUT2D eigenvalue weighted by atomic mass is 19.1. The minimum atomic E-state index is -1.05. The second kappa shape index (κ2) is 13.6. The molecule has 8 heteroatoms. The Bertz CT molecular complexity index is 1410. The molecule has 0 unspecified atom stereocenters. The number of esters is 1. The van der Waals surface area contributed by atoms with Crippen LogP contribution in [0.1, 0.15) is 29.8 Å². The number of rotatable bonds is 13. The van der Waals surface area contributed by atoms with Crippen LogP contribution in [-0.2, 0) is 27.2 Å². The number of carbonyl (C=O) groups is 2. The Morgan fingerprint density at radius 2 is 1.60 bits per heavy atom. The van der Waals surface area contributed by atoms with Crippen molar-refractivity contribution in [3.63, 3.8) is 0 Å². The van der Waals surface area contributed by atoms with Crippen molar-refractivity contribution in [1.29, 1.82) is 0 Å². The summed E-state index contributed by atoms with van der Waals surface area (Å²) in [4.78, 5) is 24.4. The molecular formula is C32H32FNO6. The molecule has 0 radical (unpaired) electrons. The van der Waals surface area contributed by atoms with Crippen LogP contribution in [0.3, 0.4) is 0 Å². The van der Waals surface area contributed by atoms with Crippen LogP contribution in [0.15, 0.2) is 84.9 Å². The van der Waals surface area contributed by atoms with E-state index in [9.17, 15) is 19.1 Å². The molecule has 0 aliphatic carbocycles. The van der Waals surface area contributed by atoms with E-state index < -0.39 is 12.1 Å². The normalized spacial score (nSPS) is 11.7. The molecule has 40 heavy (non-hydrogen) atoms. The zero-order valence-electron chi connectivity index (χ0n) is 22.5. The Hall–Kier alpha value is -4.43. The van der Waals surface area contributed by atoms with Crippen molar-refractivity contribution in [1.82, 2.24) is 4.57 Å². The zero-order chi connectivity index (χ0) is 28.5. The van der Waals surface area contributed by atoms with E-state index in [0.29, 0.717) is 48.9 Å². The van der Waals surface area contributed by atoms with Gasteiger partial charge in [0.15, 0.2) is 6.10 Å². The standard InChI is InChI=1S/C32H32FNO6/c1-3-38-29(32(37)39-4-2)20-22-10-16-26(17-11-22)40-19-18-34-28(23-12-14-25(33)15-13-23)21-27(31(35)36)30(34)24-8-6-5-7-9-24/h5-17,21,29H,3-4,18-20H2,1-2H3,(H,35,36)/t29-/m0/s1. The molecular weight excluding hydrogens is 513 g/mol. The van der Waals surface area contributed by atoms with Crippen molar-refractivity contribution >= 4 is 11.9 Å². The highest BCUT2D eigenvalue weighted by Crippen LogP contribution is 2.33. The average Bonchev–Trinajstić information content (AvgIpc) is 3.34. The molecule has 0 aliphatic rings. The smallest absolute Gasteiger partial charge is 0.337 e. The quantitative estimate of drug-likeness (QED) is 0.200. The van der Waals surface area contributed by atoms with Crippen LogP contribution < -0.4 is 4.74 Å². The first-order valence-corrected chi connectivity index (χ1v) is 13.2. The molecule has 4 aromatic rings. The maximum Gasteiger partial charge on any atom is 0.337 e. The first-order valence-electron chi connectivity index (χ1n) is 13.2. The first-order chi connectivity index (χ1) is 19.4. The number of hydrogen-bond acceptors (Lipinski definition) is 5. The van der Waals surface area contributed by atoms with E-state index in [-0.39, 0.29) is 24.0 Å². The molecule has 1 heterocycles. The Labute approximate surface area is 232 Å². The SMILES string of the molecule is CCOC(=O)[C@H](Cc1ccc(OCCn2c(-c3ccc(F)cc3)cc(C(=O)O)c2-c2ccccc2)cc1)OCC. The average molecular weight is 546 g/mol. The van der Waals surface area contributed by atoms with E-state index in [4.69, 9.17) is 14.2 Å². The number of carbonyl (C=O) groups excluding carboxylic acids is 1. The fraction of sp³-hybridized carbons (Fsp3) is 0.250. The van der Waals surface area contributed by atoms with Gasteiger partial charge in [0, 0.05) is 18.7 Å². The van der Waals surface area contributed by atoms with Gasteiger partial charge in [-0.1, -0.05) is 42.5 Å². The van der Waals surface area contributed by atoms with Crippen molar-refractivity contribution in [2.24, 2.45) is 0 Å². The summed E-state index contributed by atoms with van der Waals surface area (Å²) in [7, 11) is 0. The monoisotopic (exact) mass is 545 g/mol. The number of benzene rings is 3. The summed E-state index contributed by atoms with van der Waals surface area (Å²) in [6, 6.07) is 24.3. The summed E-state index contributed by atoms with van der Waals surface area (Å²) < 4.78 is 32.2. The van der Waals surface area contributed by atoms with Gasteiger partial charge in [0.2, 0.25) is 0 Å². The summed E-state index contributed by atoms with van der Waals surface area (Å²) in [5, 5.41) is 10.0. The molecule has 0 saturated carbocycles. The fourth-order valence-corrected chi connectivity index (χ4v) is 4.55. The minimum absolute atomic E-state index is 0.153. The van der Waals surface area contributed by atoms with Gasteiger partial charge in [0.05, 0.1) is 24.4 Å². The summed E-state index contributed by atoms with van der Waals surface area (Å²) >= 11 is 0. The number of nitrogens with zero attached hydrogens (tertiary/aromatic N) is 1. The molecule has 208 valence electrons. The van der Waals surface area contributed by atoms with Crippen LogP contribution in [0.5, 0.6) is 5.75 Å². The highest BCUT2D eigenvalue weighted by Gasteiger charge is 2.23. The molecule has 0 amide bonds. The molecule has 7 nitrogen and oxygen atoms in total. The largest absolute Gasteiger partial charge is 0.492 e. The summed E-state index contributed by atoms with van der Waals surface area (Å²) in [5.41, 5.74) is 3.70. The second-order valence-corrected chi connectivity index (χ2v) is 9.01. The van der Waals surface area contributed by atoms with Crippen LogP contribution in [0.25, 0.3) is 22.5 Å². The molecule has 4 rings (SSSR count). The third-order valence-electron chi connectivity index (χ3n) is 6.36. The lowest BCUT2D eigenvalue weighted by molar-refractivity contribution is -0.156. The van der Waals surface area contributed by atoms with Crippen molar-refractivity contribution in [2.45, 2.75) is 32.9 Å². The molecule has 1 aromatic heterocycles. The Morgan fingerprint density at radius 1 is 0.900 bits per heavy atom. The molecule has 0 aliphatic heterocycles. The Balaban J connectivity index is 1.55. The zero-order valence-corrected chi connectivity index (χ0v) is 22.5. The van der Waals surface area contributed by atoms with Crippen molar-refractivity contribution in [3.05, 3.63) is 102 Å². The van der Waals surface area contributed by atoms with Crippen LogP contribution in [0, 0.1) is 5.82 Å². The predicted octanol–water partition coefficient (Wildman–Crippen LogP) is 6.25. The molecule has 0 spiro atoms. The highest BCUT2D eigenvalue weighted by molar-refractivity contribution is 5.97. The molecule has 1 atom stereocenters. The Kier molecular flexibility index (Phi) is 9.70. The Morgan fingerprint density at radius 3 is 2.23 bits per heavy atom. The minimum Gasteiger partial charge on any atom is -0.492 e. The maximum absolute atomic E-state index is 13.6. The van der Waals surface area contributed by atoms with E-state index in [2.05, 4.69) is 0 Å². The number of carboxylic acids is 1. The molecule has 3 aromatic carbocycles.